The highest BCUT2D eigenvalue weighted by Crippen LogP contribution is 2.35. The first kappa shape index (κ1) is 14.6. The lowest BCUT2D eigenvalue weighted by Gasteiger charge is -2.37. The molecule has 2 bridgehead atoms. The number of ether oxygens (including phenoxy) is 1. The molecule has 0 aromatic rings. The minimum absolute atomic E-state index is 0.409. The Balaban J connectivity index is 1.72. The average Bonchev–Trinajstić information content (AvgIpc) is 2.55. The number of piperidine rings is 1. The van der Waals surface area contributed by atoms with E-state index in [-0.39, 0.29) is 0 Å². The van der Waals surface area contributed by atoms with E-state index in [9.17, 15) is 9.90 Å². The fourth-order valence-corrected chi connectivity index (χ4v) is 3.14. The van der Waals surface area contributed by atoms with Crippen molar-refractivity contribution in [2.75, 3.05) is 6.54 Å². The maximum Gasteiger partial charge on any atom is 0.407 e. The van der Waals surface area contributed by atoms with Crippen LogP contribution in [-0.4, -0.2) is 41.0 Å². The van der Waals surface area contributed by atoms with Gasteiger partial charge in [0.2, 0.25) is 0 Å². The van der Waals surface area contributed by atoms with Gasteiger partial charge in [0, 0.05) is 18.6 Å². The number of amides is 1. The average molecular weight is 270 g/mol. The Morgan fingerprint density at radius 3 is 2.47 bits per heavy atom. The van der Waals surface area contributed by atoms with E-state index >= 15 is 0 Å². The van der Waals surface area contributed by atoms with Gasteiger partial charge in [-0.3, -0.25) is 0 Å². The number of alkyl carbamates (subject to hydrolysis) is 1. The first-order valence-corrected chi connectivity index (χ1v) is 7.21. The third-order valence-corrected chi connectivity index (χ3v) is 3.85. The Hall–Kier alpha value is -0.810. The van der Waals surface area contributed by atoms with Gasteiger partial charge in [0.1, 0.15) is 5.60 Å². The van der Waals surface area contributed by atoms with Crippen molar-refractivity contribution in [3.05, 3.63) is 0 Å². The summed E-state index contributed by atoms with van der Waals surface area (Å²) in [7, 11) is 0. The number of hydrogen-bond acceptors (Lipinski definition) is 4. The number of nitrogens with one attached hydrogen (secondary N) is 2. The van der Waals surface area contributed by atoms with Crippen LogP contribution in [0.15, 0.2) is 0 Å². The molecule has 0 spiro atoms. The molecular weight excluding hydrogens is 244 g/mol. The molecule has 110 valence electrons. The van der Waals surface area contributed by atoms with Gasteiger partial charge in [-0.15, -0.1) is 0 Å². The number of carbonyl (C=O) groups excluding carboxylic acids is 1. The van der Waals surface area contributed by atoms with E-state index in [1.54, 1.807) is 0 Å². The van der Waals surface area contributed by atoms with Crippen LogP contribution in [0.4, 0.5) is 4.79 Å². The van der Waals surface area contributed by atoms with Gasteiger partial charge in [-0.25, -0.2) is 4.79 Å². The molecule has 0 aliphatic carbocycles. The largest absolute Gasteiger partial charge is 0.444 e. The van der Waals surface area contributed by atoms with Gasteiger partial charge in [0.15, 0.2) is 0 Å². The topological polar surface area (TPSA) is 70.6 Å². The zero-order valence-corrected chi connectivity index (χ0v) is 12.2. The number of fused-ring (bicyclic) bond motifs is 2. The summed E-state index contributed by atoms with van der Waals surface area (Å²) < 4.78 is 5.17. The molecule has 2 unspecified atom stereocenters. The van der Waals surface area contributed by atoms with Crippen LogP contribution in [0.1, 0.15) is 52.9 Å². The van der Waals surface area contributed by atoms with Crippen molar-refractivity contribution in [3.8, 4) is 0 Å². The summed E-state index contributed by atoms with van der Waals surface area (Å²) in [6.07, 6.45) is 4.09. The molecule has 0 radical (unpaired) electrons. The number of carbonyl (C=O) groups is 1. The summed E-state index contributed by atoms with van der Waals surface area (Å²) in [6, 6.07) is 0.899. The van der Waals surface area contributed by atoms with E-state index in [0.717, 1.165) is 25.7 Å². The first-order chi connectivity index (χ1) is 8.76. The molecule has 0 saturated carbocycles. The lowest BCUT2D eigenvalue weighted by atomic mass is 9.85. The number of rotatable bonds is 3. The Kier molecular flexibility index (Phi) is 4.06. The van der Waals surface area contributed by atoms with Gasteiger partial charge in [-0.1, -0.05) is 0 Å². The highest BCUT2D eigenvalue weighted by molar-refractivity contribution is 5.67. The highest BCUT2D eigenvalue weighted by atomic mass is 16.6. The molecule has 5 nitrogen and oxygen atoms in total. The van der Waals surface area contributed by atoms with Crippen LogP contribution < -0.4 is 10.6 Å². The van der Waals surface area contributed by atoms with Crippen LogP contribution in [0.2, 0.25) is 0 Å². The molecule has 2 fully saturated rings. The SMILES string of the molecule is CC(C)(C)OC(=O)NCCC1(O)CC2CCC(C1)N2. The molecule has 0 aromatic carbocycles. The smallest absolute Gasteiger partial charge is 0.407 e. The predicted octanol–water partition coefficient (Wildman–Crippen LogP) is 1.55. The molecule has 5 heteroatoms. The van der Waals surface area contributed by atoms with E-state index < -0.39 is 17.3 Å². The quantitative estimate of drug-likeness (QED) is 0.727. The summed E-state index contributed by atoms with van der Waals surface area (Å²) in [4.78, 5) is 11.5. The van der Waals surface area contributed by atoms with E-state index in [0.29, 0.717) is 25.0 Å². The molecule has 2 heterocycles. The van der Waals surface area contributed by atoms with Crippen LogP contribution in [0.5, 0.6) is 0 Å². The molecule has 19 heavy (non-hydrogen) atoms. The van der Waals surface area contributed by atoms with E-state index in [4.69, 9.17) is 4.74 Å². The van der Waals surface area contributed by atoms with Gasteiger partial charge >= 0.3 is 6.09 Å². The molecule has 2 saturated heterocycles. The van der Waals surface area contributed by atoms with Gasteiger partial charge in [-0.05, 0) is 52.9 Å². The zero-order chi connectivity index (χ0) is 14.1. The van der Waals surface area contributed by atoms with Crippen LogP contribution >= 0.6 is 0 Å². The van der Waals surface area contributed by atoms with Crippen molar-refractivity contribution in [2.24, 2.45) is 0 Å². The van der Waals surface area contributed by atoms with Crippen molar-refractivity contribution in [1.82, 2.24) is 10.6 Å². The summed E-state index contributed by atoms with van der Waals surface area (Å²) in [5, 5.41) is 16.8. The summed E-state index contributed by atoms with van der Waals surface area (Å²) in [6.45, 7) is 5.98. The van der Waals surface area contributed by atoms with Crippen molar-refractivity contribution in [1.29, 1.82) is 0 Å². The second-order valence-corrected chi connectivity index (χ2v) is 6.95. The monoisotopic (exact) mass is 270 g/mol. The molecule has 2 aliphatic rings. The van der Waals surface area contributed by atoms with E-state index in [1.807, 2.05) is 20.8 Å². The molecule has 2 rings (SSSR count). The number of hydrogen-bond donors (Lipinski definition) is 3. The molecular formula is C14H26N2O3. The summed E-state index contributed by atoms with van der Waals surface area (Å²) >= 11 is 0. The lowest BCUT2D eigenvalue weighted by molar-refractivity contribution is -0.0140. The third-order valence-electron chi connectivity index (χ3n) is 3.85. The molecule has 0 aromatic heterocycles. The van der Waals surface area contributed by atoms with E-state index in [2.05, 4.69) is 10.6 Å². The maximum atomic E-state index is 11.5. The Morgan fingerprint density at radius 1 is 1.37 bits per heavy atom. The second-order valence-electron chi connectivity index (χ2n) is 6.95. The normalized spacial score (nSPS) is 34.1. The Morgan fingerprint density at radius 2 is 1.95 bits per heavy atom. The van der Waals surface area contributed by atoms with Crippen molar-refractivity contribution < 1.29 is 14.6 Å². The van der Waals surface area contributed by atoms with Crippen LogP contribution in [0.25, 0.3) is 0 Å². The molecule has 1 amide bonds. The highest BCUT2D eigenvalue weighted by Gasteiger charge is 2.41. The zero-order valence-electron chi connectivity index (χ0n) is 12.2. The fraction of sp³-hybridized carbons (Fsp3) is 0.929. The van der Waals surface area contributed by atoms with Crippen LogP contribution in [0, 0.1) is 0 Å². The van der Waals surface area contributed by atoms with E-state index in [1.165, 1.54) is 0 Å². The van der Waals surface area contributed by atoms with Gasteiger partial charge in [-0.2, -0.15) is 0 Å². The van der Waals surface area contributed by atoms with Crippen molar-refractivity contribution in [2.45, 2.75) is 76.2 Å². The Bertz CT molecular complexity index is 326. The second kappa shape index (κ2) is 5.29. The van der Waals surface area contributed by atoms with Gasteiger partial charge in [0.05, 0.1) is 5.60 Å². The van der Waals surface area contributed by atoms with Crippen molar-refractivity contribution >= 4 is 6.09 Å². The standard InChI is InChI=1S/C14H26N2O3/c1-13(2,3)19-12(17)15-7-6-14(18)8-10-4-5-11(9-14)16-10/h10-11,16,18H,4-9H2,1-3H3,(H,15,17). The molecule has 2 aliphatic heterocycles. The van der Waals surface area contributed by atoms with Crippen LogP contribution in [0.3, 0.4) is 0 Å². The minimum atomic E-state index is -0.633. The van der Waals surface area contributed by atoms with Crippen LogP contribution in [-0.2, 0) is 4.74 Å². The molecule has 2 atom stereocenters. The van der Waals surface area contributed by atoms with Gasteiger partial charge < -0.3 is 20.5 Å². The summed E-state index contributed by atoms with van der Waals surface area (Å²) in [5.41, 5.74) is -1.11. The molecule has 3 N–H and O–H groups in total. The third kappa shape index (κ3) is 4.35. The number of aliphatic hydroxyl groups is 1. The Labute approximate surface area is 115 Å². The fourth-order valence-electron chi connectivity index (χ4n) is 3.14. The lowest BCUT2D eigenvalue weighted by Crippen LogP contribution is -2.49. The summed E-state index contributed by atoms with van der Waals surface area (Å²) in [5.74, 6) is 0. The minimum Gasteiger partial charge on any atom is -0.444 e. The maximum absolute atomic E-state index is 11.5. The van der Waals surface area contributed by atoms with Crippen molar-refractivity contribution in [3.63, 3.8) is 0 Å². The first-order valence-electron chi connectivity index (χ1n) is 7.21. The van der Waals surface area contributed by atoms with Gasteiger partial charge in [0.25, 0.3) is 0 Å². The predicted molar refractivity (Wildman–Crippen MR) is 73.0 cm³/mol.